The first-order chi connectivity index (χ1) is 9.04. The van der Waals surface area contributed by atoms with Gasteiger partial charge in [0.25, 0.3) is 0 Å². The van der Waals surface area contributed by atoms with Crippen molar-refractivity contribution >= 4 is 11.9 Å². The second kappa shape index (κ2) is 9.06. The maximum Gasteiger partial charge on any atom is 0.335 e. The highest BCUT2D eigenvalue weighted by atomic mass is 16.4. The fraction of sp³-hybridized carbons (Fsp3) is 0.429. The van der Waals surface area contributed by atoms with Gasteiger partial charge in [0.05, 0.1) is 11.1 Å². The van der Waals surface area contributed by atoms with Crippen LogP contribution in [-0.4, -0.2) is 40.7 Å². The standard InChI is InChI=1S/C9H8O4.C5H11N.H2O/c1-5-6(8(10)11)3-2-4-7(5)9(12)13;1-2-4-6-5-3-1;/h2-4H,1H3,(H,10,11)(H,12,13);6H,1-5H2;1H2. The van der Waals surface area contributed by atoms with Crippen LogP contribution >= 0.6 is 0 Å². The van der Waals surface area contributed by atoms with E-state index in [0.29, 0.717) is 0 Å². The molecule has 112 valence electrons. The molecule has 1 fully saturated rings. The predicted molar refractivity (Wildman–Crippen MR) is 75.4 cm³/mol. The lowest BCUT2D eigenvalue weighted by molar-refractivity contribution is 0.0696. The highest BCUT2D eigenvalue weighted by Gasteiger charge is 2.13. The fourth-order valence-corrected chi connectivity index (χ4v) is 1.90. The molecule has 0 aromatic heterocycles. The van der Waals surface area contributed by atoms with Crippen molar-refractivity contribution in [3.05, 3.63) is 34.9 Å². The smallest absolute Gasteiger partial charge is 0.335 e. The van der Waals surface area contributed by atoms with Gasteiger partial charge in [0.15, 0.2) is 0 Å². The van der Waals surface area contributed by atoms with Crippen LogP contribution in [0.5, 0.6) is 0 Å². The van der Waals surface area contributed by atoms with Crippen LogP contribution in [0.3, 0.4) is 0 Å². The molecule has 1 saturated heterocycles. The van der Waals surface area contributed by atoms with Gasteiger partial charge in [-0.05, 0) is 50.6 Å². The van der Waals surface area contributed by atoms with E-state index in [1.165, 1.54) is 57.5 Å². The summed E-state index contributed by atoms with van der Waals surface area (Å²) in [4.78, 5) is 21.2. The quantitative estimate of drug-likeness (QED) is 0.756. The molecule has 0 unspecified atom stereocenters. The number of aromatic carboxylic acids is 2. The largest absolute Gasteiger partial charge is 0.478 e. The van der Waals surface area contributed by atoms with Gasteiger partial charge in [-0.1, -0.05) is 12.5 Å². The molecule has 1 heterocycles. The zero-order valence-corrected chi connectivity index (χ0v) is 11.5. The van der Waals surface area contributed by atoms with E-state index in [0.717, 1.165) is 0 Å². The van der Waals surface area contributed by atoms with Gasteiger partial charge in [-0.25, -0.2) is 9.59 Å². The number of hydrogen-bond acceptors (Lipinski definition) is 3. The second-order valence-electron chi connectivity index (χ2n) is 4.40. The molecule has 5 N–H and O–H groups in total. The molecule has 0 aliphatic carbocycles. The number of carboxylic acid groups (broad SMARTS) is 2. The zero-order valence-electron chi connectivity index (χ0n) is 11.5. The van der Waals surface area contributed by atoms with E-state index in [4.69, 9.17) is 10.2 Å². The summed E-state index contributed by atoms with van der Waals surface area (Å²) in [5.41, 5.74) is 0.335. The molecule has 1 aliphatic heterocycles. The van der Waals surface area contributed by atoms with Crippen molar-refractivity contribution in [2.45, 2.75) is 26.2 Å². The first kappa shape index (κ1) is 18.1. The number of piperidine rings is 1. The molecular weight excluding hydrogens is 262 g/mol. The molecule has 0 amide bonds. The van der Waals surface area contributed by atoms with Crippen LogP contribution in [0.1, 0.15) is 45.5 Å². The van der Waals surface area contributed by atoms with Crippen LogP contribution < -0.4 is 5.32 Å². The van der Waals surface area contributed by atoms with E-state index in [1.807, 2.05) is 0 Å². The Morgan fingerprint density at radius 1 is 1.00 bits per heavy atom. The van der Waals surface area contributed by atoms with Crippen molar-refractivity contribution in [3.63, 3.8) is 0 Å². The molecule has 20 heavy (non-hydrogen) atoms. The van der Waals surface area contributed by atoms with Gasteiger partial charge in [-0.15, -0.1) is 0 Å². The minimum Gasteiger partial charge on any atom is -0.478 e. The Hall–Kier alpha value is -1.92. The van der Waals surface area contributed by atoms with Crippen molar-refractivity contribution in [1.82, 2.24) is 5.32 Å². The molecule has 2 rings (SSSR count). The predicted octanol–water partition coefficient (Wildman–Crippen LogP) is 1.33. The Morgan fingerprint density at radius 2 is 1.45 bits per heavy atom. The summed E-state index contributed by atoms with van der Waals surface area (Å²) in [6, 6.07) is 4.17. The second-order valence-corrected chi connectivity index (χ2v) is 4.40. The van der Waals surface area contributed by atoms with Crippen molar-refractivity contribution in [2.75, 3.05) is 13.1 Å². The van der Waals surface area contributed by atoms with E-state index in [9.17, 15) is 9.59 Å². The number of carbonyl (C=O) groups is 2. The summed E-state index contributed by atoms with van der Waals surface area (Å²) in [7, 11) is 0. The molecule has 0 radical (unpaired) electrons. The maximum absolute atomic E-state index is 10.6. The van der Waals surface area contributed by atoms with Crippen LogP contribution in [-0.2, 0) is 0 Å². The van der Waals surface area contributed by atoms with E-state index in [-0.39, 0.29) is 22.2 Å². The SMILES string of the molecule is C1CCNCC1.Cc1c(C(=O)O)cccc1C(=O)O.O. The molecule has 0 atom stereocenters. The summed E-state index contributed by atoms with van der Waals surface area (Å²) >= 11 is 0. The summed E-state index contributed by atoms with van der Waals surface area (Å²) in [6.07, 6.45) is 4.22. The number of rotatable bonds is 2. The van der Waals surface area contributed by atoms with Crippen molar-refractivity contribution in [1.29, 1.82) is 0 Å². The Kier molecular flexibility index (Phi) is 8.19. The third-order valence-corrected chi connectivity index (χ3v) is 3.00. The molecule has 0 spiro atoms. The van der Waals surface area contributed by atoms with E-state index >= 15 is 0 Å². The van der Waals surface area contributed by atoms with E-state index in [2.05, 4.69) is 5.32 Å². The van der Waals surface area contributed by atoms with Gasteiger partial charge in [0.2, 0.25) is 0 Å². The lowest BCUT2D eigenvalue weighted by atomic mass is 10.0. The maximum atomic E-state index is 10.6. The molecular formula is C14H21NO5. The lowest BCUT2D eigenvalue weighted by Crippen LogP contribution is -2.21. The minimum atomic E-state index is -1.11. The highest BCUT2D eigenvalue weighted by Crippen LogP contribution is 2.13. The van der Waals surface area contributed by atoms with Gasteiger partial charge in [-0.2, -0.15) is 0 Å². The van der Waals surface area contributed by atoms with Gasteiger partial charge in [-0.3, -0.25) is 0 Å². The first-order valence-corrected chi connectivity index (χ1v) is 6.31. The average molecular weight is 283 g/mol. The molecule has 6 nitrogen and oxygen atoms in total. The number of carboxylic acids is 2. The first-order valence-electron chi connectivity index (χ1n) is 6.31. The van der Waals surface area contributed by atoms with E-state index in [1.54, 1.807) is 0 Å². The Bertz CT molecular complexity index is 411. The molecule has 1 aromatic rings. The van der Waals surface area contributed by atoms with Crippen LogP contribution in [0.4, 0.5) is 0 Å². The molecule has 1 aromatic carbocycles. The van der Waals surface area contributed by atoms with Gasteiger partial charge in [0, 0.05) is 0 Å². The Labute approximate surface area is 117 Å². The van der Waals surface area contributed by atoms with Gasteiger partial charge < -0.3 is 21.0 Å². The number of hydrogen-bond donors (Lipinski definition) is 3. The third-order valence-electron chi connectivity index (χ3n) is 3.00. The van der Waals surface area contributed by atoms with Gasteiger partial charge in [0.1, 0.15) is 0 Å². The third kappa shape index (κ3) is 5.38. The molecule has 0 bridgehead atoms. The van der Waals surface area contributed by atoms with Crippen molar-refractivity contribution in [3.8, 4) is 0 Å². The van der Waals surface area contributed by atoms with Crippen LogP contribution in [0.25, 0.3) is 0 Å². The molecule has 6 heteroatoms. The summed E-state index contributed by atoms with van der Waals surface area (Å²) in [6.45, 7) is 3.98. The van der Waals surface area contributed by atoms with E-state index < -0.39 is 11.9 Å². The topological polar surface area (TPSA) is 118 Å². The van der Waals surface area contributed by atoms with Crippen LogP contribution in [0.2, 0.25) is 0 Å². The van der Waals surface area contributed by atoms with Gasteiger partial charge >= 0.3 is 11.9 Å². The number of benzene rings is 1. The van der Waals surface area contributed by atoms with Crippen molar-refractivity contribution < 1.29 is 25.3 Å². The molecule has 1 aliphatic rings. The summed E-state index contributed by atoms with van der Waals surface area (Å²) < 4.78 is 0. The normalized spacial score (nSPS) is 13.4. The summed E-state index contributed by atoms with van der Waals surface area (Å²) in [5.74, 6) is -2.22. The Morgan fingerprint density at radius 3 is 1.70 bits per heavy atom. The summed E-state index contributed by atoms with van der Waals surface area (Å²) in [5, 5.41) is 20.6. The van der Waals surface area contributed by atoms with Crippen LogP contribution in [0, 0.1) is 6.92 Å². The monoisotopic (exact) mass is 283 g/mol. The lowest BCUT2D eigenvalue weighted by Gasteiger charge is -2.08. The highest BCUT2D eigenvalue weighted by molar-refractivity contribution is 5.96. The van der Waals surface area contributed by atoms with Crippen LogP contribution in [0.15, 0.2) is 18.2 Å². The van der Waals surface area contributed by atoms with Crippen molar-refractivity contribution in [2.24, 2.45) is 0 Å². The average Bonchev–Trinajstić information content (AvgIpc) is 2.41. The Balaban J connectivity index is 0.000000434. The zero-order chi connectivity index (χ0) is 14.3. The molecule has 0 saturated carbocycles. The minimum absolute atomic E-state index is 0. The number of nitrogens with one attached hydrogen (secondary N) is 1. The fourth-order valence-electron chi connectivity index (χ4n) is 1.90.